The van der Waals surface area contributed by atoms with E-state index in [1.165, 1.54) is 0 Å². The number of hydrogen-bond acceptors (Lipinski definition) is 6. The zero-order chi connectivity index (χ0) is 25.4. The van der Waals surface area contributed by atoms with Crippen LogP contribution in [-0.2, 0) is 11.5 Å². The van der Waals surface area contributed by atoms with Gasteiger partial charge in [-0.25, -0.2) is 24.7 Å². The molecule has 0 saturated carbocycles. The molecule has 6 heterocycles. The van der Waals surface area contributed by atoms with E-state index in [9.17, 15) is 0 Å². The molecule has 0 atom stereocenters. The van der Waals surface area contributed by atoms with Gasteiger partial charge in [-0.05, 0) is 78.9 Å². The molecule has 0 spiro atoms. The Kier molecular flexibility index (Phi) is 5.98. The molecule has 6 rings (SSSR count). The summed E-state index contributed by atoms with van der Waals surface area (Å²) >= 11 is 0. The summed E-state index contributed by atoms with van der Waals surface area (Å²) in [6.07, 6.45) is 23.8. The number of allylic oxidation sites excluding steroid dienone is 12. The van der Waals surface area contributed by atoms with Gasteiger partial charge >= 0.3 is 0 Å². The van der Waals surface area contributed by atoms with Crippen LogP contribution in [-0.4, -0.2) is 47.3 Å². The van der Waals surface area contributed by atoms with Crippen LogP contribution in [0.3, 0.4) is 0 Å². The largest absolute Gasteiger partial charge is 0.360 e. The lowest BCUT2D eigenvalue weighted by molar-refractivity contribution is 0.0780. The molecule has 184 valence electrons. The molecule has 0 N–H and O–H groups in total. The minimum absolute atomic E-state index is 0.405. The predicted octanol–water partition coefficient (Wildman–Crippen LogP) is 5.62. The topological polar surface area (TPSA) is 76.5 Å². The fraction of sp³-hybridized carbons (Fsp3) is 0.207. The molecule has 7 nitrogen and oxygen atoms in total. The summed E-state index contributed by atoms with van der Waals surface area (Å²) in [7, 11) is -1.15. The molecular weight excluding hydrogens is 476 g/mol. The third-order valence-electron chi connectivity index (χ3n) is 6.24. The van der Waals surface area contributed by atoms with Crippen molar-refractivity contribution in [2.45, 2.75) is 32.4 Å². The van der Waals surface area contributed by atoms with E-state index in [1.54, 1.807) is 0 Å². The average molecular weight is 505 g/mol. The molecule has 0 aliphatic carbocycles. The van der Waals surface area contributed by atoms with Crippen molar-refractivity contribution >= 4 is 36.5 Å². The Bertz CT molecular complexity index is 1540. The normalized spacial score (nSPS) is 19.7. The van der Waals surface area contributed by atoms with Gasteiger partial charge in [0, 0.05) is 26.5 Å². The Labute approximate surface area is 217 Å². The molecule has 37 heavy (non-hydrogen) atoms. The number of nitrogens with zero attached hydrogens (tertiary/aromatic N) is 6. The van der Waals surface area contributed by atoms with Gasteiger partial charge in [0.1, 0.15) is 6.73 Å². The maximum atomic E-state index is 6.00. The quantitative estimate of drug-likeness (QED) is 0.373. The lowest BCUT2D eigenvalue weighted by atomic mass is 10.1. The van der Waals surface area contributed by atoms with Crippen molar-refractivity contribution < 1.29 is 4.74 Å². The molecule has 0 saturated heterocycles. The molecule has 8 bridgehead atoms. The van der Waals surface area contributed by atoms with E-state index in [4.69, 9.17) is 19.7 Å². The van der Waals surface area contributed by atoms with Crippen LogP contribution >= 0.6 is 0 Å². The number of hydrogen-bond donors (Lipinski definition) is 0. The second kappa shape index (κ2) is 9.46. The highest BCUT2D eigenvalue weighted by Crippen LogP contribution is 2.29. The Hall–Kier alpha value is -4.01. The first-order valence-corrected chi connectivity index (χ1v) is 16.2. The SMILES string of the molecule is C[Si](C)(C)CCOCn1nccc1C1=CC2=CC3=NC(=CC4=NC(=CC5=NC(=CC1=N2)C=C5)C=C4)C=C3. The molecule has 0 radical (unpaired) electrons. The highest BCUT2D eigenvalue weighted by atomic mass is 28.3. The lowest BCUT2D eigenvalue weighted by Gasteiger charge is -2.16. The Morgan fingerprint density at radius 3 is 1.92 bits per heavy atom. The Balaban J connectivity index is 1.35. The number of aliphatic imine (C=N–C) groups is 4. The summed E-state index contributed by atoms with van der Waals surface area (Å²) in [5.41, 5.74) is 8.76. The second-order valence-electron chi connectivity index (χ2n) is 10.5. The highest BCUT2D eigenvalue weighted by Gasteiger charge is 2.21. The monoisotopic (exact) mass is 504 g/mol. The summed E-state index contributed by atoms with van der Waals surface area (Å²) in [5, 5.41) is 4.53. The maximum Gasteiger partial charge on any atom is 0.139 e. The molecule has 0 fully saturated rings. The average Bonchev–Trinajstić information content (AvgIpc) is 3.65. The van der Waals surface area contributed by atoms with Crippen molar-refractivity contribution in [3.05, 3.63) is 108 Å². The van der Waals surface area contributed by atoms with Crippen molar-refractivity contribution in [1.82, 2.24) is 9.78 Å². The Morgan fingerprint density at radius 2 is 1.30 bits per heavy atom. The summed E-state index contributed by atoms with van der Waals surface area (Å²) in [5.74, 6) is 0. The zero-order valence-electron chi connectivity index (χ0n) is 21.2. The summed E-state index contributed by atoms with van der Waals surface area (Å²) in [6, 6.07) is 3.13. The van der Waals surface area contributed by atoms with Crippen molar-refractivity contribution in [3.63, 3.8) is 0 Å². The van der Waals surface area contributed by atoms with Crippen LogP contribution in [0.5, 0.6) is 0 Å². The van der Waals surface area contributed by atoms with Crippen LogP contribution in [0, 0.1) is 0 Å². The third kappa shape index (κ3) is 5.40. The molecule has 8 heteroatoms. The van der Waals surface area contributed by atoms with Crippen LogP contribution in [0.4, 0.5) is 0 Å². The van der Waals surface area contributed by atoms with Gasteiger partial charge in [-0.2, -0.15) is 5.10 Å². The van der Waals surface area contributed by atoms with Gasteiger partial charge in [0.2, 0.25) is 0 Å². The Morgan fingerprint density at radius 1 is 0.703 bits per heavy atom. The number of aromatic nitrogens is 2. The van der Waals surface area contributed by atoms with Crippen LogP contribution in [0.1, 0.15) is 5.69 Å². The van der Waals surface area contributed by atoms with Crippen LogP contribution in [0.2, 0.25) is 25.7 Å². The van der Waals surface area contributed by atoms with Crippen molar-refractivity contribution in [2.24, 2.45) is 20.0 Å². The number of fused-ring (bicyclic) bond motifs is 4. The summed E-state index contributed by atoms with van der Waals surface area (Å²) < 4.78 is 7.90. The maximum absolute atomic E-state index is 6.00. The van der Waals surface area contributed by atoms with Gasteiger partial charge in [0.05, 0.1) is 51.3 Å². The zero-order valence-corrected chi connectivity index (χ0v) is 22.2. The third-order valence-corrected chi connectivity index (χ3v) is 7.95. The van der Waals surface area contributed by atoms with E-state index in [2.05, 4.69) is 35.8 Å². The van der Waals surface area contributed by atoms with E-state index >= 15 is 0 Å². The molecule has 1 aromatic rings. The van der Waals surface area contributed by atoms with E-state index < -0.39 is 8.07 Å². The van der Waals surface area contributed by atoms with Crippen LogP contribution in [0.25, 0.3) is 5.57 Å². The van der Waals surface area contributed by atoms with Gasteiger partial charge in [-0.15, -0.1) is 0 Å². The van der Waals surface area contributed by atoms with Gasteiger partial charge in [0.15, 0.2) is 0 Å². The molecule has 1 aromatic heterocycles. The molecule has 5 aliphatic rings. The van der Waals surface area contributed by atoms with Crippen molar-refractivity contribution in [2.75, 3.05) is 6.61 Å². The number of rotatable bonds is 6. The fourth-order valence-corrected chi connectivity index (χ4v) is 5.05. The molecule has 0 aromatic carbocycles. The minimum Gasteiger partial charge on any atom is -0.360 e. The predicted molar refractivity (Wildman–Crippen MR) is 154 cm³/mol. The van der Waals surface area contributed by atoms with E-state index in [1.807, 2.05) is 77.7 Å². The lowest BCUT2D eigenvalue weighted by Crippen LogP contribution is -2.22. The molecule has 0 unspecified atom stereocenters. The van der Waals surface area contributed by atoms with E-state index in [-0.39, 0.29) is 0 Å². The second-order valence-corrected chi connectivity index (χ2v) is 16.1. The first-order chi connectivity index (χ1) is 17.9. The van der Waals surface area contributed by atoms with E-state index in [0.717, 1.165) is 69.6 Å². The first kappa shape index (κ1) is 23.4. The summed E-state index contributed by atoms with van der Waals surface area (Å²) in [6.45, 7) is 8.21. The number of ether oxygens (including phenoxy) is 1. The minimum atomic E-state index is -1.15. The van der Waals surface area contributed by atoms with Gasteiger partial charge in [-0.3, -0.25) is 0 Å². The van der Waals surface area contributed by atoms with Crippen LogP contribution in [0.15, 0.2) is 122 Å². The molecule has 0 amide bonds. The van der Waals surface area contributed by atoms with Crippen LogP contribution < -0.4 is 0 Å². The van der Waals surface area contributed by atoms with Crippen molar-refractivity contribution in [3.8, 4) is 0 Å². The smallest absolute Gasteiger partial charge is 0.139 e. The standard InChI is InChI=1S/C29H28N6OSi/c1-37(2,3)13-12-36-19-35-29(10-11-30-35)27-17-26-16-24-7-6-22(32-24)14-20-4-5-21(31-20)15-23-8-9-25(33-23)18-28(27)34-26/h4-11,14-18H,12-13,19H2,1-3H3. The van der Waals surface area contributed by atoms with Crippen molar-refractivity contribution in [1.29, 1.82) is 0 Å². The van der Waals surface area contributed by atoms with E-state index in [0.29, 0.717) is 6.73 Å². The van der Waals surface area contributed by atoms with Gasteiger partial charge in [-0.1, -0.05) is 19.6 Å². The fourth-order valence-electron chi connectivity index (χ4n) is 4.30. The molecule has 5 aliphatic heterocycles. The highest BCUT2D eigenvalue weighted by molar-refractivity contribution is 6.76. The van der Waals surface area contributed by atoms with Gasteiger partial charge < -0.3 is 4.74 Å². The first-order valence-electron chi connectivity index (χ1n) is 12.5. The summed E-state index contributed by atoms with van der Waals surface area (Å²) in [4.78, 5) is 19.1. The molecular formula is C29H28N6OSi. The van der Waals surface area contributed by atoms with Gasteiger partial charge in [0.25, 0.3) is 0 Å².